The Bertz CT molecular complexity index is 1110. The van der Waals surface area contributed by atoms with E-state index in [4.69, 9.17) is 9.84 Å². The highest BCUT2D eigenvalue weighted by Crippen LogP contribution is 2.40. The zero-order valence-corrected chi connectivity index (χ0v) is 19.3. The van der Waals surface area contributed by atoms with Crippen molar-refractivity contribution >= 4 is 28.4 Å². The Labute approximate surface area is 190 Å². The fraction of sp³-hybridized carbons (Fsp3) is 0.333. The topological polar surface area (TPSA) is 47.4 Å². The van der Waals surface area contributed by atoms with Gasteiger partial charge < -0.3 is 9.64 Å². The third kappa shape index (κ3) is 3.36. The summed E-state index contributed by atoms with van der Waals surface area (Å²) in [7, 11) is 3.77. The molecule has 0 radical (unpaired) electrons. The Kier molecular flexibility index (Phi) is 5.14. The van der Waals surface area contributed by atoms with Gasteiger partial charge in [0.1, 0.15) is 11.4 Å². The molecule has 154 valence electrons. The van der Waals surface area contributed by atoms with E-state index < -0.39 is 0 Å². The zero-order valence-electron chi connectivity index (χ0n) is 17.1. The number of benzene rings is 2. The van der Waals surface area contributed by atoms with Crippen molar-refractivity contribution in [2.24, 2.45) is 11.8 Å². The van der Waals surface area contributed by atoms with Crippen LogP contribution in [0.1, 0.15) is 22.5 Å². The van der Waals surface area contributed by atoms with Crippen molar-refractivity contribution in [2.45, 2.75) is 12.8 Å². The summed E-state index contributed by atoms with van der Waals surface area (Å²) in [4.78, 5) is 16.0. The minimum Gasteiger partial charge on any atom is -0.497 e. The molecule has 5 rings (SSSR count). The molecule has 5 nitrogen and oxygen atoms in total. The molecule has 2 aromatic carbocycles. The number of methoxy groups -OCH3 is 1. The van der Waals surface area contributed by atoms with Crippen molar-refractivity contribution in [3.05, 3.63) is 63.4 Å². The van der Waals surface area contributed by atoms with Gasteiger partial charge in [-0.05, 0) is 91.3 Å². The maximum Gasteiger partial charge on any atom is 0.171 e. The van der Waals surface area contributed by atoms with Crippen LogP contribution in [0, 0.1) is 15.4 Å². The van der Waals surface area contributed by atoms with Crippen molar-refractivity contribution in [3.8, 4) is 22.7 Å². The lowest BCUT2D eigenvalue weighted by molar-refractivity contribution is 0.0705. The number of likely N-dealkylation sites (tertiary alicyclic amines) is 1. The summed E-state index contributed by atoms with van der Waals surface area (Å²) in [5.41, 5.74) is 4.52. The van der Waals surface area contributed by atoms with Crippen LogP contribution in [0.25, 0.3) is 16.9 Å². The highest BCUT2D eigenvalue weighted by molar-refractivity contribution is 14.1. The molecule has 6 heteroatoms. The van der Waals surface area contributed by atoms with Gasteiger partial charge in [0.2, 0.25) is 0 Å². The molecule has 0 N–H and O–H groups in total. The zero-order chi connectivity index (χ0) is 20.8. The van der Waals surface area contributed by atoms with Gasteiger partial charge in [0.25, 0.3) is 0 Å². The summed E-state index contributed by atoms with van der Waals surface area (Å²) in [6.07, 6.45) is 1.95. The number of hydrogen-bond donors (Lipinski definition) is 0. The summed E-state index contributed by atoms with van der Waals surface area (Å²) in [6, 6.07) is 16.2. The average molecular weight is 513 g/mol. The van der Waals surface area contributed by atoms with Crippen LogP contribution < -0.4 is 4.74 Å². The molecule has 2 atom stereocenters. The molecular formula is C24H24IN3O2. The summed E-state index contributed by atoms with van der Waals surface area (Å²) < 4.78 is 8.60. The first kappa shape index (κ1) is 19.8. The SMILES string of the molecule is COc1cccc(-c2nn(-c3ccc(I)cc3)c3c2C(=O)C2CN(C)CCC2C3)c1. The molecular weight excluding hydrogens is 489 g/mol. The number of carbonyl (C=O) groups is 1. The molecule has 3 aromatic rings. The highest BCUT2D eigenvalue weighted by Gasteiger charge is 2.42. The maximum absolute atomic E-state index is 13.7. The van der Waals surface area contributed by atoms with Gasteiger partial charge in [0.15, 0.2) is 5.78 Å². The van der Waals surface area contributed by atoms with E-state index in [0.717, 1.165) is 59.9 Å². The number of hydrogen-bond acceptors (Lipinski definition) is 4. The van der Waals surface area contributed by atoms with Gasteiger partial charge in [-0.2, -0.15) is 5.10 Å². The second-order valence-corrected chi connectivity index (χ2v) is 9.52. The molecule has 0 spiro atoms. The van der Waals surface area contributed by atoms with Crippen LogP contribution in [0.5, 0.6) is 5.75 Å². The number of carbonyl (C=O) groups excluding carboxylic acids is 1. The molecule has 0 saturated carbocycles. The molecule has 1 saturated heterocycles. The maximum atomic E-state index is 13.7. The Balaban J connectivity index is 1.70. The lowest BCUT2D eigenvalue weighted by Crippen LogP contribution is -2.45. The number of ketones is 1. The lowest BCUT2D eigenvalue weighted by atomic mass is 9.72. The van der Waals surface area contributed by atoms with Crippen LogP contribution in [-0.2, 0) is 6.42 Å². The third-order valence-electron chi connectivity index (χ3n) is 6.39. The first-order chi connectivity index (χ1) is 14.5. The van der Waals surface area contributed by atoms with Crippen LogP contribution in [0.15, 0.2) is 48.5 Å². The third-order valence-corrected chi connectivity index (χ3v) is 7.11. The predicted octanol–water partition coefficient (Wildman–Crippen LogP) is 4.46. The van der Waals surface area contributed by atoms with Crippen molar-refractivity contribution in [1.29, 1.82) is 0 Å². The van der Waals surface area contributed by atoms with Crippen molar-refractivity contribution in [2.75, 3.05) is 27.2 Å². The lowest BCUT2D eigenvalue weighted by Gasteiger charge is -2.38. The number of halogens is 1. The van der Waals surface area contributed by atoms with E-state index in [0.29, 0.717) is 5.92 Å². The van der Waals surface area contributed by atoms with Crippen molar-refractivity contribution in [3.63, 3.8) is 0 Å². The number of Topliss-reactive ketones (excluding diaryl/α,β-unsaturated/α-hetero) is 1. The van der Waals surface area contributed by atoms with Gasteiger partial charge in [-0.3, -0.25) is 4.79 Å². The standard InChI is InChI=1S/C24H24IN3O2/c1-27-11-10-15-13-21-22(24(29)20(15)14-27)23(16-4-3-5-19(12-16)30-2)26-28(21)18-8-6-17(25)7-9-18/h3-9,12,15,20H,10-11,13-14H2,1-2H3. The number of fused-ring (bicyclic) bond motifs is 2. The van der Waals surface area contributed by atoms with Gasteiger partial charge in [0.05, 0.1) is 24.1 Å². The van der Waals surface area contributed by atoms with Crippen LogP contribution in [0.3, 0.4) is 0 Å². The number of ether oxygens (including phenoxy) is 1. The molecule has 30 heavy (non-hydrogen) atoms. The second kappa shape index (κ2) is 7.81. The number of nitrogens with zero attached hydrogens (tertiary/aromatic N) is 3. The van der Waals surface area contributed by atoms with Crippen LogP contribution in [-0.4, -0.2) is 47.7 Å². The summed E-state index contributed by atoms with van der Waals surface area (Å²) >= 11 is 2.31. The minimum atomic E-state index is 0.0509. The van der Waals surface area contributed by atoms with Gasteiger partial charge in [-0.15, -0.1) is 0 Å². The number of piperidine rings is 1. The summed E-state index contributed by atoms with van der Waals surface area (Å²) in [5, 5.41) is 4.99. The van der Waals surface area contributed by atoms with E-state index in [1.165, 1.54) is 3.57 Å². The second-order valence-electron chi connectivity index (χ2n) is 8.28. The fourth-order valence-electron chi connectivity index (χ4n) is 4.81. The molecule has 0 bridgehead atoms. The molecule has 1 aliphatic heterocycles. The molecule has 1 fully saturated rings. The Morgan fingerprint density at radius 3 is 2.73 bits per heavy atom. The van der Waals surface area contributed by atoms with Crippen molar-refractivity contribution in [1.82, 2.24) is 14.7 Å². The predicted molar refractivity (Wildman–Crippen MR) is 125 cm³/mol. The van der Waals surface area contributed by atoms with E-state index in [1.54, 1.807) is 7.11 Å². The van der Waals surface area contributed by atoms with E-state index in [9.17, 15) is 4.79 Å². The van der Waals surface area contributed by atoms with E-state index in [-0.39, 0.29) is 11.7 Å². The van der Waals surface area contributed by atoms with Crippen LogP contribution in [0.4, 0.5) is 0 Å². The van der Waals surface area contributed by atoms with E-state index in [1.807, 2.05) is 28.9 Å². The van der Waals surface area contributed by atoms with Gasteiger partial charge in [-0.1, -0.05) is 12.1 Å². The minimum absolute atomic E-state index is 0.0509. The fourth-order valence-corrected chi connectivity index (χ4v) is 5.17. The molecule has 2 unspecified atom stereocenters. The normalized spacial score (nSPS) is 21.2. The van der Waals surface area contributed by atoms with Gasteiger partial charge >= 0.3 is 0 Å². The first-order valence-corrected chi connectivity index (χ1v) is 11.4. The van der Waals surface area contributed by atoms with Crippen LogP contribution in [0.2, 0.25) is 0 Å². The average Bonchev–Trinajstić information content (AvgIpc) is 3.15. The number of aromatic nitrogens is 2. The highest BCUT2D eigenvalue weighted by atomic mass is 127. The van der Waals surface area contributed by atoms with Gasteiger partial charge in [-0.25, -0.2) is 4.68 Å². The van der Waals surface area contributed by atoms with Gasteiger partial charge in [0, 0.05) is 21.6 Å². The van der Waals surface area contributed by atoms with E-state index in [2.05, 4.69) is 58.8 Å². The first-order valence-electron chi connectivity index (χ1n) is 10.3. The molecule has 1 aliphatic carbocycles. The molecule has 2 aliphatic rings. The quantitative estimate of drug-likeness (QED) is 0.486. The smallest absolute Gasteiger partial charge is 0.171 e. The molecule has 1 aromatic heterocycles. The number of rotatable bonds is 3. The van der Waals surface area contributed by atoms with Crippen LogP contribution >= 0.6 is 22.6 Å². The Morgan fingerprint density at radius 1 is 1.17 bits per heavy atom. The largest absolute Gasteiger partial charge is 0.497 e. The summed E-state index contributed by atoms with van der Waals surface area (Å²) in [5.74, 6) is 1.44. The molecule has 2 heterocycles. The summed E-state index contributed by atoms with van der Waals surface area (Å²) in [6.45, 7) is 1.87. The Hall–Kier alpha value is -2.19. The van der Waals surface area contributed by atoms with Crippen molar-refractivity contribution < 1.29 is 9.53 Å². The monoisotopic (exact) mass is 513 g/mol. The Morgan fingerprint density at radius 2 is 1.97 bits per heavy atom. The molecule has 0 amide bonds. The van der Waals surface area contributed by atoms with E-state index >= 15 is 0 Å².